The molecule has 88 valence electrons. The van der Waals surface area contributed by atoms with E-state index in [-0.39, 0.29) is 0 Å². The number of nitrogens with zero attached hydrogens (tertiary/aromatic N) is 1. The van der Waals surface area contributed by atoms with Crippen molar-refractivity contribution in [3.05, 3.63) is 0 Å². The van der Waals surface area contributed by atoms with Gasteiger partial charge in [-0.05, 0) is 39.3 Å². The normalized spacial score (nSPS) is 23.7. The minimum absolute atomic E-state index is 0.414. The van der Waals surface area contributed by atoms with E-state index in [1.54, 1.807) is 0 Å². The molecule has 1 atom stereocenters. The van der Waals surface area contributed by atoms with E-state index in [2.05, 4.69) is 11.8 Å². The Bertz CT molecular complexity index is 191. The lowest BCUT2D eigenvalue weighted by Crippen LogP contribution is -2.33. The van der Waals surface area contributed by atoms with Crippen LogP contribution < -0.4 is 0 Å². The van der Waals surface area contributed by atoms with Gasteiger partial charge in [0.2, 0.25) is 0 Å². The van der Waals surface area contributed by atoms with Gasteiger partial charge in [-0.3, -0.25) is 4.79 Å². The maximum absolute atomic E-state index is 11.2. The Kier molecular flexibility index (Phi) is 5.92. The van der Waals surface area contributed by atoms with Gasteiger partial charge in [0.05, 0.1) is 0 Å². The van der Waals surface area contributed by atoms with Gasteiger partial charge in [0.25, 0.3) is 0 Å². The first kappa shape index (κ1) is 12.7. The van der Waals surface area contributed by atoms with Crippen LogP contribution in [0.15, 0.2) is 0 Å². The Hall–Kier alpha value is -0.370. The molecule has 1 rings (SSSR count). The summed E-state index contributed by atoms with van der Waals surface area (Å²) in [5.74, 6) is 0.414. The van der Waals surface area contributed by atoms with Crippen LogP contribution in [0.3, 0.4) is 0 Å². The molecule has 1 unspecified atom stereocenters. The van der Waals surface area contributed by atoms with Gasteiger partial charge in [-0.15, -0.1) is 0 Å². The average Bonchev–Trinajstić information content (AvgIpc) is 2.44. The van der Waals surface area contributed by atoms with Gasteiger partial charge in [0.15, 0.2) is 0 Å². The second-order valence-electron chi connectivity index (χ2n) is 4.73. The molecule has 0 saturated carbocycles. The van der Waals surface area contributed by atoms with Crippen LogP contribution in [0, 0.1) is 0 Å². The highest BCUT2D eigenvalue weighted by molar-refractivity contribution is 5.77. The second kappa shape index (κ2) is 7.00. The maximum atomic E-state index is 11.2. The number of rotatable bonds is 5. The van der Waals surface area contributed by atoms with Crippen LogP contribution >= 0.6 is 0 Å². The first-order valence-corrected chi connectivity index (χ1v) is 6.49. The summed E-state index contributed by atoms with van der Waals surface area (Å²) in [7, 11) is 0. The van der Waals surface area contributed by atoms with Crippen LogP contribution in [0.4, 0.5) is 0 Å². The summed E-state index contributed by atoms with van der Waals surface area (Å²) in [4.78, 5) is 13.7. The third kappa shape index (κ3) is 4.78. The molecule has 0 bridgehead atoms. The molecular formula is C13H25NO. The van der Waals surface area contributed by atoms with Crippen LogP contribution in [0.2, 0.25) is 0 Å². The molecule has 0 spiro atoms. The van der Waals surface area contributed by atoms with Gasteiger partial charge in [0.1, 0.15) is 5.78 Å². The highest BCUT2D eigenvalue weighted by Gasteiger charge is 2.16. The topological polar surface area (TPSA) is 20.3 Å². The molecule has 1 aliphatic heterocycles. The highest BCUT2D eigenvalue weighted by atomic mass is 16.1. The van der Waals surface area contributed by atoms with E-state index in [0.717, 1.165) is 25.4 Å². The maximum Gasteiger partial charge on any atom is 0.132 e. The molecule has 1 saturated heterocycles. The SMILES string of the molecule is CCC(=O)CCCN1CCCCCC1C. The summed E-state index contributed by atoms with van der Waals surface area (Å²) in [6.07, 6.45) is 7.97. The van der Waals surface area contributed by atoms with Gasteiger partial charge in [-0.2, -0.15) is 0 Å². The van der Waals surface area contributed by atoms with Crippen molar-refractivity contribution in [2.45, 2.75) is 64.8 Å². The number of carbonyl (C=O) groups excluding carboxylic acids is 1. The Morgan fingerprint density at radius 1 is 1.33 bits per heavy atom. The quantitative estimate of drug-likeness (QED) is 0.696. The molecule has 1 heterocycles. The van der Waals surface area contributed by atoms with E-state index in [1.807, 2.05) is 6.92 Å². The number of hydrogen-bond donors (Lipinski definition) is 0. The molecule has 1 fully saturated rings. The van der Waals surface area contributed by atoms with Crippen LogP contribution in [0.1, 0.15) is 58.8 Å². The van der Waals surface area contributed by atoms with Crippen LogP contribution in [-0.2, 0) is 4.79 Å². The van der Waals surface area contributed by atoms with Crippen LogP contribution in [-0.4, -0.2) is 29.8 Å². The van der Waals surface area contributed by atoms with Crippen molar-refractivity contribution >= 4 is 5.78 Å². The summed E-state index contributed by atoms with van der Waals surface area (Å²) >= 11 is 0. The summed E-state index contributed by atoms with van der Waals surface area (Å²) in [6, 6.07) is 0.726. The fraction of sp³-hybridized carbons (Fsp3) is 0.923. The smallest absolute Gasteiger partial charge is 0.132 e. The number of carbonyl (C=O) groups is 1. The summed E-state index contributed by atoms with van der Waals surface area (Å²) < 4.78 is 0. The van der Waals surface area contributed by atoms with Crippen molar-refractivity contribution in [3.63, 3.8) is 0 Å². The summed E-state index contributed by atoms with van der Waals surface area (Å²) in [5.41, 5.74) is 0. The van der Waals surface area contributed by atoms with Crippen LogP contribution in [0.5, 0.6) is 0 Å². The third-order valence-corrected chi connectivity index (χ3v) is 3.49. The lowest BCUT2D eigenvalue weighted by Gasteiger charge is -2.26. The number of Topliss-reactive ketones (excluding diaryl/α,β-unsaturated/α-hetero) is 1. The zero-order chi connectivity index (χ0) is 11.1. The second-order valence-corrected chi connectivity index (χ2v) is 4.73. The largest absolute Gasteiger partial charge is 0.301 e. The van der Waals surface area contributed by atoms with Gasteiger partial charge in [0, 0.05) is 18.9 Å². The molecule has 0 radical (unpaired) electrons. The average molecular weight is 211 g/mol. The van der Waals surface area contributed by atoms with E-state index in [1.165, 1.54) is 32.2 Å². The minimum Gasteiger partial charge on any atom is -0.301 e. The van der Waals surface area contributed by atoms with Gasteiger partial charge >= 0.3 is 0 Å². The minimum atomic E-state index is 0.414. The van der Waals surface area contributed by atoms with E-state index in [0.29, 0.717) is 12.2 Å². The van der Waals surface area contributed by atoms with Gasteiger partial charge in [-0.1, -0.05) is 19.8 Å². The van der Waals surface area contributed by atoms with Gasteiger partial charge in [-0.25, -0.2) is 0 Å². The molecule has 2 heteroatoms. The van der Waals surface area contributed by atoms with Crippen molar-refractivity contribution in [2.75, 3.05) is 13.1 Å². The van der Waals surface area contributed by atoms with Gasteiger partial charge < -0.3 is 4.90 Å². The van der Waals surface area contributed by atoms with Crippen molar-refractivity contribution in [2.24, 2.45) is 0 Å². The molecule has 0 aromatic rings. The summed E-state index contributed by atoms with van der Waals surface area (Å²) in [5, 5.41) is 0. The highest BCUT2D eigenvalue weighted by Crippen LogP contribution is 2.16. The van der Waals surface area contributed by atoms with Crippen LogP contribution in [0.25, 0.3) is 0 Å². The van der Waals surface area contributed by atoms with Crippen molar-refractivity contribution in [3.8, 4) is 0 Å². The Morgan fingerprint density at radius 2 is 2.13 bits per heavy atom. The molecule has 0 N–H and O–H groups in total. The van der Waals surface area contributed by atoms with Crippen molar-refractivity contribution in [1.29, 1.82) is 0 Å². The molecule has 15 heavy (non-hydrogen) atoms. The standard InChI is InChI=1S/C13H25NO/c1-3-13(15)9-7-11-14-10-6-4-5-8-12(14)2/h12H,3-11H2,1-2H3. The molecule has 0 aromatic carbocycles. The van der Waals surface area contributed by atoms with E-state index in [4.69, 9.17) is 0 Å². The molecular weight excluding hydrogens is 186 g/mol. The molecule has 0 aliphatic carbocycles. The summed E-state index contributed by atoms with van der Waals surface area (Å²) in [6.45, 7) is 6.64. The van der Waals surface area contributed by atoms with Crippen molar-refractivity contribution < 1.29 is 4.79 Å². The molecule has 1 aliphatic rings. The number of hydrogen-bond acceptors (Lipinski definition) is 2. The zero-order valence-corrected chi connectivity index (χ0v) is 10.3. The Balaban J connectivity index is 2.20. The number of ketones is 1. The van der Waals surface area contributed by atoms with E-state index < -0.39 is 0 Å². The fourth-order valence-corrected chi connectivity index (χ4v) is 2.32. The number of likely N-dealkylation sites (tertiary alicyclic amines) is 1. The zero-order valence-electron chi connectivity index (χ0n) is 10.3. The predicted octanol–water partition coefficient (Wildman–Crippen LogP) is 3.01. The lowest BCUT2D eigenvalue weighted by molar-refractivity contribution is -0.118. The van der Waals surface area contributed by atoms with E-state index >= 15 is 0 Å². The van der Waals surface area contributed by atoms with E-state index in [9.17, 15) is 4.79 Å². The molecule has 0 aromatic heterocycles. The fourth-order valence-electron chi connectivity index (χ4n) is 2.32. The third-order valence-electron chi connectivity index (χ3n) is 3.49. The first-order chi connectivity index (χ1) is 7.24. The van der Waals surface area contributed by atoms with Crippen molar-refractivity contribution in [1.82, 2.24) is 4.90 Å². The molecule has 2 nitrogen and oxygen atoms in total. The lowest BCUT2D eigenvalue weighted by atomic mass is 10.1. The predicted molar refractivity (Wildman–Crippen MR) is 64.0 cm³/mol. The molecule has 0 amide bonds. The first-order valence-electron chi connectivity index (χ1n) is 6.49. The Morgan fingerprint density at radius 3 is 2.87 bits per heavy atom. The Labute approximate surface area is 94.0 Å². The monoisotopic (exact) mass is 211 g/mol.